The Bertz CT molecular complexity index is 848. The van der Waals surface area contributed by atoms with Crippen molar-refractivity contribution in [3.8, 4) is 0 Å². The van der Waals surface area contributed by atoms with E-state index in [9.17, 15) is 9.90 Å². The number of aliphatic hydroxyl groups excluding tert-OH is 1. The highest BCUT2D eigenvalue weighted by Crippen LogP contribution is 2.36. The second-order valence-corrected chi connectivity index (χ2v) is 7.42. The third kappa shape index (κ3) is 4.29. The molecule has 3 rings (SSSR count). The molecule has 134 valence electrons. The molecule has 0 saturated carbocycles. The van der Waals surface area contributed by atoms with E-state index in [1.165, 1.54) is 11.8 Å². The lowest BCUT2D eigenvalue weighted by Crippen LogP contribution is -2.19. The Hall–Kier alpha value is -2.24. The predicted molar refractivity (Wildman–Crippen MR) is 109 cm³/mol. The molecule has 0 fully saturated rings. The van der Waals surface area contributed by atoms with E-state index in [0.29, 0.717) is 28.7 Å². The summed E-state index contributed by atoms with van der Waals surface area (Å²) in [6, 6.07) is 16.7. The van der Waals surface area contributed by atoms with Crippen molar-refractivity contribution >= 4 is 40.0 Å². The first-order valence-corrected chi connectivity index (χ1v) is 9.59. The fraction of sp³-hybridized carbons (Fsp3) is 0.200. The van der Waals surface area contributed by atoms with Gasteiger partial charge >= 0.3 is 0 Å². The van der Waals surface area contributed by atoms with Crippen LogP contribution in [0.5, 0.6) is 0 Å². The van der Waals surface area contributed by atoms with Crippen LogP contribution in [0.25, 0.3) is 0 Å². The number of anilines is 1. The Labute approximate surface area is 162 Å². The molecule has 1 heterocycles. The van der Waals surface area contributed by atoms with Crippen LogP contribution in [0.15, 0.2) is 70.9 Å². The molecule has 0 radical (unpaired) electrons. The molecule has 6 heteroatoms. The summed E-state index contributed by atoms with van der Waals surface area (Å²) in [4.78, 5) is 17.1. The van der Waals surface area contributed by atoms with Crippen molar-refractivity contribution < 1.29 is 9.90 Å². The quantitative estimate of drug-likeness (QED) is 0.770. The predicted octanol–water partition coefficient (Wildman–Crippen LogP) is 4.87. The zero-order chi connectivity index (χ0) is 18.5. The van der Waals surface area contributed by atoms with E-state index in [2.05, 4.69) is 10.3 Å². The molecule has 0 aromatic heterocycles. The number of rotatable bonds is 5. The largest absolute Gasteiger partial charge is 0.510 e. The molecular weight excluding hydrogens is 368 g/mol. The van der Waals surface area contributed by atoms with Gasteiger partial charge in [0.25, 0.3) is 5.91 Å². The lowest BCUT2D eigenvalue weighted by Gasteiger charge is -2.09. The standard InChI is InChI=1S/C20H19ClN2O2S/c1-2-22-20-17(19(25)23-15-6-4-3-5-7-15)18(24)16(26-20)12-13-8-10-14(21)11-9-13/h3-11,16,24H,2,12H2,1H3,(H,23,25). The number of nitrogens with one attached hydrogen (secondary N) is 1. The Balaban J connectivity index is 1.84. The summed E-state index contributed by atoms with van der Waals surface area (Å²) in [5.74, 6) is -0.266. The molecule has 0 spiro atoms. The maximum absolute atomic E-state index is 12.7. The highest BCUT2D eigenvalue weighted by molar-refractivity contribution is 8.15. The number of hydrogen-bond donors (Lipinski definition) is 2. The van der Waals surface area contributed by atoms with Crippen LogP contribution in [-0.2, 0) is 11.2 Å². The molecule has 1 aliphatic heterocycles. The van der Waals surface area contributed by atoms with Gasteiger partial charge in [0.15, 0.2) is 0 Å². The molecular formula is C20H19ClN2O2S. The maximum Gasteiger partial charge on any atom is 0.261 e. The number of aliphatic hydroxyl groups is 1. The van der Waals surface area contributed by atoms with E-state index in [1.807, 2.05) is 49.4 Å². The normalized spacial score (nSPS) is 18.4. The van der Waals surface area contributed by atoms with E-state index >= 15 is 0 Å². The molecule has 2 aromatic rings. The van der Waals surface area contributed by atoms with Crippen LogP contribution < -0.4 is 5.32 Å². The second-order valence-electron chi connectivity index (χ2n) is 5.80. The minimum atomic E-state index is -0.341. The number of carbonyl (C=O) groups excluding carboxylic acids is 1. The molecule has 1 amide bonds. The van der Waals surface area contributed by atoms with Crippen LogP contribution in [-0.4, -0.2) is 27.9 Å². The summed E-state index contributed by atoms with van der Waals surface area (Å²) in [5, 5.41) is 14.5. The summed E-state index contributed by atoms with van der Waals surface area (Å²) in [6.45, 7) is 2.45. The minimum absolute atomic E-state index is 0.0746. The first kappa shape index (κ1) is 18.5. The van der Waals surface area contributed by atoms with Gasteiger partial charge in [-0.3, -0.25) is 9.79 Å². The summed E-state index contributed by atoms with van der Waals surface area (Å²) in [7, 11) is 0. The average Bonchev–Trinajstić information content (AvgIpc) is 2.93. The van der Waals surface area contributed by atoms with Crippen molar-refractivity contribution in [3.05, 3.63) is 76.5 Å². The fourth-order valence-corrected chi connectivity index (χ4v) is 4.10. The molecule has 0 aliphatic carbocycles. The van der Waals surface area contributed by atoms with Gasteiger partial charge in [-0.1, -0.05) is 53.7 Å². The van der Waals surface area contributed by atoms with Gasteiger partial charge in [-0.25, -0.2) is 0 Å². The summed E-state index contributed by atoms with van der Waals surface area (Å²) >= 11 is 7.35. The summed E-state index contributed by atoms with van der Waals surface area (Å²) in [6.07, 6.45) is 0.596. The Morgan fingerprint density at radius 3 is 2.54 bits per heavy atom. The van der Waals surface area contributed by atoms with Gasteiger partial charge in [-0.15, -0.1) is 0 Å². The SMILES string of the molecule is CCN=C1SC(Cc2ccc(Cl)cc2)C(O)=C1C(=O)Nc1ccccc1. The van der Waals surface area contributed by atoms with Crippen molar-refractivity contribution in [2.45, 2.75) is 18.6 Å². The molecule has 1 unspecified atom stereocenters. The van der Waals surface area contributed by atoms with E-state index in [1.54, 1.807) is 12.1 Å². The first-order valence-electron chi connectivity index (χ1n) is 8.34. The number of nitrogens with zero attached hydrogens (tertiary/aromatic N) is 1. The lowest BCUT2D eigenvalue weighted by atomic mass is 10.1. The van der Waals surface area contributed by atoms with Crippen LogP contribution in [0.4, 0.5) is 5.69 Å². The van der Waals surface area contributed by atoms with Crippen LogP contribution in [0.1, 0.15) is 12.5 Å². The molecule has 0 saturated heterocycles. The minimum Gasteiger partial charge on any atom is -0.510 e. The van der Waals surface area contributed by atoms with E-state index in [-0.39, 0.29) is 22.5 Å². The monoisotopic (exact) mass is 386 g/mol. The van der Waals surface area contributed by atoms with Gasteiger partial charge in [-0.2, -0.15) is 0 Å². The van der Waals surface area contributed by atoms with Gasteiger partial charge in [0.2, 0.25) is 0 Å². The molecule has 1 atom stereocenters. The van der Waals surface area contributed by atoms with E-state index in [4.69, 9.17) is 11.6 Å². The van der Waals surface area contributed by atoms with Gasteiger partial charge in [0.05, 0.1) is 5.25 Å². The topological polar surface area (TPSA) is 61.7 Å². The summed E-state index contributed by atoms with van der Waals surface area (Å²) < 4.78 is 0. The molecule has 2 aromatic carbocycles. The molecule has 0 bridgehead atoms. The van der Waals surface area contributed by atoms with Crippen LogP contribution >= 0.6 is 23.4 Å². The third-order valence-electron chi connectivity index (χ3n) is 3.92. The third-order valence-corrected chi connectivity index (χ3v) is 5.41. The fourth-order valence-electron chi connectivity index (χ4n) is 2.68. The Kier molecular flexibility index (Phi) is 6.01. The molecule has 26 heavy (non-hydrogen) atoms. The van der Waals surface area contributed by atoms with Crippen molar-refractivity contribution in [1.29, 1.82) is 0 Å². The van der Waals surface area contributed by atoms with E-state index in [0.717, 1.165) is 5.56 Å². The van der Waals surface area contributed by atoms with Crippen molar-refractivity contribution in [1.82, 2.24) is 0 Å². The van der Waals surface area contributed by atoms with Gasteiger partial charge in [-0.05, 0) is 43.2 Å². The lowest BCUT2D eigenvalue weighted by molar-refractivity contribution is -0.112. The Morgan fingerprint density at radius 2 is 1.88 bits per heavy atom. The maximum atomic E-state index is 12.7. The first-order chi connectivity index (χ1) is 12.6. The highest BCUT2D eigenvalue weighted by atomic mass is 35.5. The van der Waals surface area contributed by atoms with Gasteiger partial charge in [0, 0.05) is 17.3 Å². The molecule has 4 nitrogen and oxygen atoms in total. The van der Waals surface area contributed by atoms with Crippen LogP contribution in [0, 0.1) is 0 Å². The van der Waals surface area contributed by atoms with Gasteiger partial charge in [0.1, 0.15) is 16.4 Å². The number of halogens is 1. The number of aliphatic imine (C=N–C) groups is 1. The van der Waals surface area contributed by atoms with Crippen molar-refractivity contribution in [2.24, 2.45) is 4.99 Å². The van der Waals surface area contributed by atoms with Crippen LogP contribution in [0.3, 0.4) is 0 Å². The average molecular weight is 387 g/mol. The molecule has 1 aliphatic rings. The number of amides is 1. The number of thioether (sulfide) groups is 1. The summed E-state index contributed by atoms with van der Waals surface area (Å²) in [5.41, 5.74) is 1.98. The van der Waals surface area contributed by atoms with Crippen molar-refractivity contribution in [2.75, 3.05) is 11.9 Å². The Morgan fingerprint density at radius 1 is 1.19 bits per heavy atom. The number of benzene rings is 2. The van der Waals surface area contributed by atoms with E-state index < -0.39 is 0 Å². The number of carbonyl (C=O) groups is 1. The highest BCUT2D eigenvalue weighted by Gasteiger charge is 2.35. The molecule has 2 N–H and O–H groups in total. The zero-order valence-electron chi connectivity index (χ0n) is 14.3. The second kappa shape index (κ2) is 8.43. The van der Waals surface area contributed by atoms with Gasteiger partial charge < -0.3 is 10.4 Å². The number of hydrogen-bond acceptors (Lipinski definition) is 4. The number of para-hydroxylation sites is 1. The van der Waals surface area contributed by atoms with Crippen LogP contribution in [0.2, 0.25) is 5.02 Å². The van der Waals surface area contributed by atoms with Crippen molar-refractivity contribution in [3.63, 3.8) is 0 Å². The zero-order valence-corrected chi connectivity index (χ0v) is 15.8. The smallest absolute Gasteiger partial charge is 0.261 e.